The van der Waals surface area contributed by atoms with Gasteiger partial charge in [0.15, 0.2) is 5.82 Å². The van der Waals surface area contributed by atoms with Gasteiger partial charge in [0.25, 0.3) is 5.91 Å². The fourth-order valence-electron chi connectivity index (χ4n) is 1.34. The summed E-state index contributed by atoms with van der Waals surface area (Å²) in [7, 11) is 0. The lowest BCUT2D eigenvalue weighted by atomic mass is 10.2. The van der Waals surface area contributed by atoms with Gasteiger partial charge >= 0.3 is 6.43 Å². The maximum Gasteiger partial charge on any atom is 0.316 e. The van der Waals surface area contributed by atoms with Crippen molar-refractivity contribution in [2.75, 3.05) is 17.2 Å². The monoisotopic (exact) mass is 262 g/mol. The summed E-state index contributed by atoms with van der Waals surface area (Å²) in [6, 6.07) is 1.73. The van der Waals surface area contributed by atoms with E-state index >= 15 is 0 Å². The Bertz CT molecular complexity index is 476. The van der Waals surface area contributed by atoms with Crippen LogP contribution in [0.3, 0.4) is 0 Å². The predicted molar refractivity (Wildman–Crippen MR) is 59.3 cm³/mol. The lowest BCUT2D eigenvalue weighted by Crippen LogP contribution is -2.37. The number of rotatable bonds is 4. The van der Waals surface area contributed by atoms with E-state index in [9.17, 15) is 22.4 Å². The molecule has 0 radical (unpaired) electrons. The predicted octanol–water partition coefficient (Wildman–Crippen LogP) is 2.33. The number of nitrogen functional groups attached to an aromatic ring is 1. The molecule has 0 atom stereocenters. The summed E-state index contributed by atoms with van der Waals surface area (Å²) in [4.78, 5) is 11.5. The van der Waals surface area contributed by atoms with E-state index in [2.05, 4.69) is 6.58 Å². The van der Waals surface area contributed by atoms with Crippen molar-refractivity contribution in [3.63, 3.8) is 0 Å². The highest BCUT2D eigenvalue weighted by Gasteiger charge is 2.29. The topological polar surface area (TPSA) is 46.3 Å². The van der Waals surface area contributed by atoms with Crippen molar-refractivity contribution in [1.82, 2.24) is 0 Å². The number of carbonyl (C=O) groups is 1. The number of hydrogen-bond acceptors (Lipinski definition) is 2. The number of halogens is 4. The van der Waals surface area contributed by atoms with Crippen molar-refractivity contribution in [2.45, 2.75) is 6.43 Å². The minimum Gasteiger partial charge on any atom is -0.396 e. The third-order valence-electron chi connectivity index (χ3n) is 2.13. The smallest absolute Gasteiger partial charge is 0.316 e. The Morgan fingerprint density at radius 3 is 2.56 bits per heavy atom. The van der Waals surface area contributed by atoms with E-state index in [1.165, 1.54) is 0 Å². The van der Waals surface area contributed by atoms with Crippen LogP contribution >= 0.6 is 0 Å². The van der Waals surface area contributed by atoms with Gasteiger partial charge in [-0.2, -0.15) is 8.78 Å². The second-order valence-corrected chi connectivity index (χ2v) is 3.34. The molecule has 1 aromatic carbocycles. The Morgan fingerprint density at radius 2 is 2.06 bits per heavy atom. The Labute approximate surface area is 100 Å². The molecule has 1 amide bonds. The normalized spacial score (nSPS) is 10.5. The Balaban J connectivity index is 3.34. The molecule has 0 saturated carbocycles. The van der Waals surface area contributed by atoms with Crippen LogP contribution in [0.1, 0.15) is 0 Å². The first-order chi connectivity index (χ1) is 8.40. The van der Waals surface area contributed by atoms with Crippen molar-refractivity contribution in [1.29, 1.82) is 0 Å². The standard InChI is InChI=1S/C11H10F4N2O/c1-2-5-17(11(18)10(14)15)9-6(12)3-4-7(16)8(9)13/h2-4,10H,1,5,16H2. The van der Waals surface area contributed by atoms with Gasteiger partial charge in [-0.3, -0.25) is 9.69 Å². The number of alkyl halides is 2. The average molecular weight is 262 g/mol. The number of nitrogens with zero attached hydrogens (tertiary/aromatic N) is 1. The van der Waals surface area contributed by atoms with E-state index in [-0.39, 0.29) is 4.90 Å². The first-order valence-corrected chi connectivity index (χ1v) is 4.84. The second kappa shape index (κ2) is 5.52. The maximum absolute atomic E-state index is 13.6. The zero-order valence-corrected chi connectivity index (χ0v) is 9.17. The quantitative estimate of drug-likeness (QED) is 0.514. The molecular formula is C11H10F4N2O. The summed E-state index contributed by atoms with van der Waals surface area (Å²) in [6.45, 7) is 2.78. The van der Waals surface area contributed by atoms with Crippen LogP contribution in [0.4, 0.5) is 28.9 Å². The summed E-state index contributed by atoms with van der Waals surface area (Å²) in [5.41, 5.74) is 3.86. The highest BCUT2D eigenvalue weighted by atomic mass is 19.3. The summed E-state index contributed by atoms with van der Waals surface area (Å²) in [6.07, 6.45) is -2.31. The van der Waals surface area contributed by atoms with Gasteiger partial charge in [-0.25, -0.2) is 8.78 Å². The van der Waals surface area contributed by atoms with Crippen LogP contribution in [-0.2, 0) is 4.79 Å². The van der Waals surface area contributed by atoms with Gasteiger partial charge in [-0.05, 0) is 12.1 Å². The minimum absolute atomic E-state index is 0.263. The molecule has 0 unspecified atom stereocenters. The Hall–Kier alpha value is -2.05. The van der Waals surface area contributed by atoms with Crippen molar-refractivity contribution >= 4 is 17.3 Å². The molecule has 3 nitrogen and oxygen atoms in total. The fourth-order valence-corrected chi connectivity index (χ4v) is 1.34. The Morgan fingerprint density at radius 1 is 1.44 bits per heavy atom. The zero-order chi connectivity index (χ0) is 13.9. The highest BCUT2D eigenvalue weighted by Crippen LogP contribution is 2.28. The number of benzene rings is 1. The molecule has 1 aromatic rings. The molecule has 0 aromatic heterocycles. The lowest BCUT2D eigenvalue weighted by Gasteiger charge is -2.22. The van der Waals surface area contributed by atoms with E-state index in [1.807, 2.05) is 0 Å². The SMILES string of the molecule is C=CCN(C(=O)C(F)F)c1c(F)ccc(N)c1F. The number of amides is 1. The molecule has 0 bridgehead atoms. The number of anilines is 2. The lowest BCUT2D eigenvalue weighted by molar-refractivity contribution is -0.128. The molecule has 0 fully saturated rings. The van der Waals surface area contributed by atoms with Crippen LogP contribution < -0.4 is 10.6 Å². The van der Waals surface area contributed by atoms with Gasteiger partial charge in [0.1, 0.15) is 11.5 Å². The molecule has 0 spiro atoms. The van der Waals surface area contributed by atoms with E-state index in [0.717, 1.165) is 18.2 Å². The summed E-state index contributed by atoms with van der Waals surface area (Å²) >= 11 is 0. The molecule has 18 heavy (non-hydrogen) atoms. The summed E-state index contributed by atoms with van der Waals surface area (Å²) in [5.74, 6) is -4.14. The molecule has 98 valence electrons. The van der Waals surface area contributed by atoms with Gasteiger partial charge < -0.3 is 5.73 Å². The second-order valence-electron chi connectivity index (χ2n) is 3.34. The third kappa shape index (κ3) is 2.61. The number of carbonyl (C=O) groups excluding carboxylic acids is 1. The Kier molecular flexibility index (Phi) is 4.30. The summed E-state index contributed by atoms with van der Waals surface area (Å²) in [5, 5.41) is 0. The van der Waals surface area contributed by atoms with Gasteiger partial charge in [0.2, 0.25) is 0 Å². The van der Waals surface area contributed by atoms with Gasteiger partial charge in [0, 0.05) is 6.54 Å². The molecular weight excluding hydrogens is 252 g/mol. The van der Waals surface area contributed by atoms with Crippen molar-refractivity contribution < 1.29 is 22.4 Å². The molecule has 0 aliphatic rings. The first-order valence-electron chi connectivity index (χ1n) is 4.84. The summed E-state index contributed by atoms with van der Waals surface area (Å²) < 4.78 is 51.8. The van der Waals surface area contributed by atoms with Gasteiger partial charge in [-0.15, -0.1) is 6.58 Å². The van der Waals surface area contributed by atoms with Crippen molar-refractivity contribution in [2.24, 2.45) is 0 Å². The van der Waals surface area contributed by atoms with Gasteiger partial charge in [0.05, 0.1) is 5.69 Å². The number of nitrogens with two attached hydrogens (primary N) is 1. The molecule has 2 N–H and O–H groups in total. The largest absolute Gasteiger partial charge is 0.396 e. The average Bonchev–Trinajstić information content (AvgIpc) is 2.32. The molecule has 1 rings (SSSR count). The third-order valence-corrected chi connectivity index (χ3v) is 2.13. The molecule has 0 heterocycles. The van der Waals surface area contributed by atoms with Gasteiger partial charge in [-0.1, -0.05) is 6.08 Å². The van der Waals surface area contributed by atoms with Crippen LogP contribution in [0.25, 0.3) is 0 Å². The molecule has 0 aliphatic heterocycles. The van der Waals surface area contributed by atoms with E-state index < -0.39 is 41.9 Å². The fraction of sp³-hybridized carbons (Fsp3) is 0.182. The van der Waals surface area contributed by atoms with E-state index in [0.29, 0.717) is 0 Å². The van der Waals surface area contributed by atoms with E-state index in [4.69, 9.17) is 5.73 Å². The van der Waals surface area contributed by atoms with Crippen LogP contribution in [-0.4, -0.2) is 18.9 Å². The molecule has 7 heteroatoms. The highest BCUT2D eigenvalue weighted by molar-refractivity contribution is 5.96. The number of hydrogen-bond donors (Lipinski definition) is 1. The van der Waals surface area contributed by atoms with Crippen LogP contribution in [0, 0.1) is 11.6 Å². The zero-order valence-electron chi connectivity index (χ0n) is 9.17. The maximum atomic E-state index is 13.6. The van der Waals surface area contributed by atoms with Crippen molar-refractivity contribution in [3.05, 3.63) is 36.4 Å². The molecule has 0 saturated heterocycles. The van der Waals surface area contributed by atoms with Crippen LogP contribution in [0.2, 0.25) is 0 Å². The first kappa shape index (κ1) is 14.0. The van der Waals surface area contributed by atoms with Crippen molar-refractivity contribution in [3.8, 4) is 0 Å². The van der Waals surface area contributed by atoms with Crippen LogP contribution in [0.5, 0.6) is 0 Å². The van der Waals surface area contributed by atoms with E-state index in [1.54, 1.807) is 0 Å². The minimum atomic E-state index is -3.38. The van der Waals surface area contributed by atoms with Crippen LogP contribution in [0.15, 0.2) is 24.8 Å². The molecule has 0 aliphatic carbocycles.